The predicted molar refractivity (Wildman–Crippen MR) is 107 cm³/mol. The fraction of sp³-hybridized carbons (Fsp3) is 0.667. The van der Waals surface area contributed by atoms with E-state index in [0.29, 0.717) is 36.1 Å². The largest absolute Gasteiger partial charge is 0.388 e. The van der Waals surface area contributed by atoms with E-state index in [1.807, 2.05) is 0 Å². The topological polar surface area (TPSA) is 64.0 Å². The third kappa shape index (κ3) is 4.83. The molecule has 1 heterocycles. The van der Waals surface area contributed by atoms with E-state index in [4.69, 9.17) is 11.6 Å². The van der Waals surface area contributed by atoms with E-state index < -0.39 is 11.7 Å². The number of likely N-dealkylation sites (tertiary alicyclic amines) is 1. The van der Waals surface area contributed by atoms with Gasteiger partial charge in [0, 0.05) is 36.3 Å². The Hall–Kier alpha value is -1.14. The summed E-state index contributed by atoms with van der Waals surface area (Å²) in [4.78, 5) is 16.6. The summed E-state index contributed by atoms with van der Waals surface area (Å²) in [6, 6.07) is 7.26. The molecule has 2 fully saturated rings. The average Bonchev–Trinajstić information content (AvgIpc) is 2.69. The van der Waals surface area contributed by atoms with Crippen LogP contribution >= 0.6 is 11.6 Å². The fourth-order valence-corrected chi connectivity index (χ4v) is 4.53. The summed E-state index contributed by atoms with van der Waals surface area (Å²) in [7, 11) is 0. The third-order valence-corrected chi connectivity index (χ3v) is 6.43. The third-order valence-electron chi connectivity index (χ3n) is 6.18. The first kappa shape index (κ1) is 20.6. The number of likely N-dealkylation sites (N-methyl/N-ethyl adjacent to an activating group) is 1. The maximum absolute atomic E-state index is 12.7. The van der Waals surface area contributed by atoms with Crippen molar-refractivity contribution in [3.63, 3.8) is 0 Å². The minimum Gasteiger partial charge on any atom is -0.388 e. The van der Waals surface area contributed by atoms with Crippen molar-refractivity contribution in [3.8, 4) is 0 Å². The van der Waals surface area contributed by atoms with Gasteiger partial charge in [0.2, 0.25) is 0 Å². The lowest BCUT2D eigenvalue weighted by atomic mass is 9.86. The van der Waals surface area contributed by atoms with Gasteiger partial charge in [0.1, 0.15) is 11.7 Å². The molecule has 1 aliphatic carbocycles. The molecule has 1 aliphatic heterocycles. The molecule has 6 heteroatoms. The van der Waals surface area contributed by atoms with Crippen LogP contribution in [0.2, 0.25) is 5.02 Å². The van der Waals surface area contributed by atoms with Crippen LogP contribution in [0.5, 0.6) is 0 Å². The van der Waals surface area contributed by atoms with Gasteiger partial charge in [-0.25, -0.2) is 0 Å². The number of β-amino-alcohol motifs (C(OH)–C–C–N with tert-alkyl or cyclic N) is 1. The van der Waals surface area contributed by atoms with Crippen LogP contribution in [0.15, 0.2) is 24.3 Å². The van der Waals surface area contributed by atoms with Crippen molar-refractivity contribution >= 4 is 17.5 Å². The number of piperidine rings is 1. The molecule has 5 nitrogen and oxygen atoms in total. The Morgan fingerprint density at radius 3 is 2.52 bits per heavy atom. The minimum absolute atomic E-state index is 0.132. The SMILES string of the molecule is CCN(C[C@@]1(O)CCN(C(=O)c2ccc(Cl)cc2)C[C@@H]1O)C1CCCCC1. The summed E-state index contributed by atoms with van der Waals surface area (Å²) in [5.41, 5.74) is -0.612. The van der Waals surface area contributed by atoms with Crippen LogP contribution in [-0.4, -0.2) is 69.8 Å². The van der Waals surface area contributed by atoms with Crippen molar-refractivity contribution in [2.45, 2.75) is 63.2 Å². The molecule has 1 amide bonds. The van der Waals surface area contributed by atoms with Crippen LogP contribution in [-0.2, 0) is 0 Å². The molecule has 2 atom stereocenters. The van der Waals surface area contributed by atoms with Crippen LogP contribution in [0.4, 0.5) is 0 Å². The highest BCUT2D eigenvalue weighted by Crippen LogP contribution is 2.29. The Balaban J connectivity index is 1.62. The van der Waals surface area contributed by atoms with Crippen LogP contribution < -0.4 is 0 Å². The van der Waals surface area contributed by atoms with Gasteiger partial charge in [0.15, 0.2) is 0 Å². The molecule has 1 saturated carbocycles. The van der Waals surface area contributed by atoms with Crippen molar-refractivity contribution in [1.29, 1.82) is 0 Å². The van der Waals surface area contributed by atoms with Gasteiger partial charge in [0.25, 0.3) is 5.91 Å². The first-order valence-electron chi connectivity index (χ1n) is 10.1. The smallest absolute Gasteiger partial charge is 0.253 e. The zero-order valence-electron chi connectivity index (χ0n) is 16.1. The number of carbonyl (C=O) groups is 1. The van der Waals surface area contributed by atoms with E-state index in [1.54, 1.807) is 29.2 Å². The summed E-state index contributed by atoms with van der Waals surface area (Å²) in [6.45, 7) is 4.05. The molecule has 0 unspecified atom stereocenters. The molecule has 0 spiro atoms. The maximum Gasteiger partial charge on any atom is 0.253 e. The first-order chi connectivity index (χ1) is 12.9. The van der Waals surface area contributed by atoms with Crippen molar-refractivity contribution in [1.82, 2.24) is 9.80 Å². The molecule has 1 saturated heterocycles. The Morgan fingerprint density at radius 2 is 1.93 bits per heavy atom. The Labute approximate surface area is 166 Å². The number of amides is 1. The van der Waals surface area contributed by atoms with E-state index >= 15 is 0 Å². The quantitative estimate of drug-likeness (QED) is 0.805. The number of aliphatic hydroxyl groups excluding tert-OH is 1. The zero-order valence-corrected chi connectivity index (χ0v) is 16.9. The Morgan fingerprint density at radius 1 is 1.26 bits per heavy atom. The summed E-state index contributed by atoms with van der Waals surface area (Å²) < 4.78 is 0. The molecule has 1 aromatic rings. The number of carbonyl (C=O) groups excluding carboxylic acids is 1. The highest BCUT2D eigenvalue weighted by Gasteiger charge is 2.43. The van der Waals surface area contributed by atoms with Gasteiger partial charge in [-0.1, -0.05) is 37.8 Å². The number of rotatable bonds is 5. The lowest BCUT2D eigenvalue weighted by Crippen LogP contribution is -2.62. The highest BCUT2D eigenvalue weighted by molar-refractivity contribution is 6.30. The van der Waals surface area contributed by atoms with Crippen LogP contribution in [0.3, 0.4) is 0 Å². The van der Waals surface area contributed by atoms with E-state index in [-0.39, 0.29) is 12.5 Å². The minimum atomic E-state index is -1.16. The number of hydrogen-bond donors (Lipinski definition) is 2. The lowest BCUT2D eigenvalue weighted by molar-refractivity contribution is -0.130. The van der Waals surface area contributed by atoms with E-state index in [1.165, 1.54) is 32.1 Å². The molecule has 0 bridgehead atoms. The zero-order chi connectivity index (χ0) is 19.4. The molecule has 0 aromatic heterocycles. The number of hydrogen-bond acceptors (Lipinski definition) is 4. The predicted octanol–water partition coefficient (Wildman–Crippen LogP) is 2.93. The monoisotopic (exact) mass is 394 g/mol. The van der Waals surface area contributed by atoms with Crippen molar-refractivity contribution in [2.75, 3.05) is 26.2 Å². The summed E-state index contributed by atoms with van der Waals surface area (Å²) >= 11 is 5.89. The molecule has 27 heavy (non-hydrogen) atoms. The molecular weight excluding hydrogens is 364 g/mol. The molecule has 150 valence electrons. The van der Waals surface area contributed by atoms with Gasteiger partial charge in [-0.3, -0.25) is 9.69 Å². The van der Waals surface area contributed by atoms with Gasteiger partial charge >= 0.3 is 0 Å². The van der Waals surface area contributed by atoms with Crippen LogP contribution in [0.25, 0.3) is 0 Å². The fourth-order valence-electron chi connectivity index (χ4n) is 4.41. The second kappa shape index (κ2) is 8.91. The van der Waals surface area contributed by atoms with Gasteiger partial charge in [0.05, 0.1) is 0 Å². The van der Waals surface area contributed by atoms with Crippen LogP contribution in [0.1, 0.15) is 55.8 Å². The number of halogens is 1. The molecule has 3 rings (SSSR count). The Kier molecular flexibility index (Phi) is 6.79. The van der Waals surface area contributed by atoms with Crippen molar-refractivity contribution in [2.24, 2.45) is 0 Å². The number of aliphatic hydroxyl groups is 2. The summed E-state index contributed by atoms with van der Waals surface area (Å²) in [6.07, 6.45) is 5.55. The molecule has 2 N–H and O–H groups in total. The second-order valence-electron chi connectivity index (χ2n) is 7.98. The first-order valence-corrected chi connectivity index (χ1v) is 10.5. The van der Waals surface area contributed by atoms with E-state index in [2.05, 4.69) is 11.8 Å². The normalized spacial score (nSPS) is 27.1. The summed E-state index contributed by atoms with van der Waals surface area (Å²) in [5, 5.41) is 22.4. The molecule has 0 radical (unpaired) electrons. The van der Waals surface area contributed by atoms with Crippen molar-refractivity contribution < 1.29 is 15.0 Å². The van der Waals surface area contributed by atoms with Gasteiger partial charge in [-0.15, -0.1) is 0 Å². The highest BCUT2D eigenvalue weighted by atomic mass is 35.5. The summed E-state index contributed by atoms with van der Waals surface area (Å²) in [5.74, 6) is -0.132. The van der Waals surface area contributed by atoms with Gasteiger partial charge < -0.3 is 15.1 Å². The van der Waals surface area contributed by atoms with Gasteiger partial charge in [-0.2, -0.15) is 0 Å². The Bertz CT molecular complexity index is 633. The number of nitrogens with zero attached hydrogens (tertiary/aromatic N) is 2. The maximum atomic E-state index is 12.7. The molecular formula is C21H31ClN2O3. The standard InChI is InChI=1S/C21H31ClN2O3/c1-2-23(18-6-4-3-5-7-18)15-21(27)12-13-24(14-19(21)25)20(26)16-8-10-17(22)11-9-16/h8-11,18-19,25,27H,2-7,12-15H2,1H3/t19-,21-/m0/s1. The lowest BCUT2D eigenvalue weighted by Gasteiger charge is -2.46. The number of benzene rings is 1. The van der Waals surface area contributed by atoms with Gasteiger partial charge in [-0.05, 0) is 50.1 Å². The molecule has 1 aromatic carbocycles. The van der Waals surface area contributed by atoms with E-state index in [9.17, 15) is 15.0 Å². The van der Waals surface area contributed by atoms with Crippen molar-refractivity contribution in [3.05, 3.63) is 34.9 Å². The average molecular weight is 395 g/mol. The van der Waals surface area contributed by atoms with E-state index in [0.717, 1.165) is 6.54 Å². The van der Waals surface area contributed by atoms with Crippen LogP contribution in [0, 0.1) is 0 Å². The second-order valence-corrected chi connectivity index (χ2v) is 8.42. The molecule has 2 aliphatic rings.